The zero-order valence-electron chi connectivity index (χ0n) is 12.2. The molecule has 5 nitrogen and oxygen atoms in total. The number of amides is 1. The molecule has 1 N–H and O–H groups in total. The minimum absolute atomic E-state index is 0.135. The third-order valence-electron chi connectivity index (χ3n) is 4.49. The molecular weight excluding hydrogens is 296 g/mol. The molecule has 2 atom stereocenters. The molecule has 0 saturated carbocycles. The standard InChI is InChI=1S/C16H18N4OS/c21-16(20-11-4-5-12(20)9-17-8-6-11)14-10-19-15(22-14)13-3-1-2-7-18-13/h1-3,7,10-12,17H,4-6,8-9H2. The van der Waals surface area contributed by atoms with Crippen molar-refractivity contribution in [3.8, 4) is 10.7 Å². The molecule has 4 rings (SSSR count). The maximum Gasteiger partial charge on any atom is 0.266 e. The van der Waals surface area contributed by atoms with Crippen molar-refractivity contribution >= 4 is 17.2 Å². The Morgan fingerprint density at radius 1 is 1.23 bits per heavy atom. The number of hydrogen-bond donors (Lipinski definition) is 1. The highest BCUT2D eigenvalue weighted by Crippen LogP contribution is 2.32. The molecule has 0 aliphatic carbocycles. The zero-order valence-corrected chi connectivity index (χ0v) is 13.1. The van der Waals surface area contributed by atoms with Crippen LogP contribution in [-0.4, -0.2) is 45.9 Å². The van der Waals surface area contributed by atoms with Crippen LogP contribution in [0.5, 0.6) is 0 Å². The molecule has 0 spiro atoms. The van der Waals surface area contributed by atoms with Gasteiger partial charge >= 0.3 is 0 Å². The van der Waals surface area contributed by atoms with Crippen LogP contribution in [0.2, 0.25) is 0 Å². The lowest BCUT2D eigenvalue weighted by Crippen LogP contribution is -2.42. The third-order valence-corrected chi connectivity index (χ3v) is 5.50. The Morgan fingerprint density at radius 3 is 3.00 bits per heavy atom. The van der Waals surface area contributed by atoms with Crippen molar-refractivity contribution in [2.75, 3.05) is 13.1 Å². The Kier molecular flexibility index (Phi) is 3.63. The molecule has 2 fully saturated rings. The number of rotatable bonds is 2. The van der Waals surface area contributed by atoms with E-state index in [1.54, 1.807) is 12.4 Å². The van der Waals surface area contributed by atoms with Crippen LogP contribution in [0.3, 0.4) is 0 Å². The molecule has 2 bridgehead atoms. The van der Waals surface area contributed by atoms with Crippen LogP contribution in [0, 0.1) is 0 Å². The largest absolute Gasteiger partial charge is 0.331 e. The van der Waals surface area contributed by atoms with E-state index in [2.05, 4.69) is 20.2 Å². The van der Waals surface area contributed by atoms with Crippen LogP contribution in [0.15, 0.2) is 30.6 Å². The molecule has 2 aromatic heterocycles. The van der Waals surface area contributed by atoms with Gasteiger partial charge in [-0.1, -0.05) is 6.07 Å². The second kappa shape index (κ2) is 5.78. The predicted octanol–water partition coefficient (Wildman–Crippen LogP) is 2.17. The third kappa shape index (κ3) is 2.42. The summed E-state index contributed by atoms with van der Waals surface area (Å²) in [5.41, 5.74) is 0.826. The lowest BCUT2D eigenvalue weighted by molar-refractivity contribution is 0.0685. The Bertz CT molecular complexity index is 658. The molecule has 22 heavy (non-hydrogen) atoms. The van der Waals surface area contributed by atoms with Gasteiger partial charge in [-0.2, -0.15) is 0 Å². The minimum atomic E-state index is 0.135. The first-order valence-corrected chi connectivity index (χ1v) is 8.55. The summed E-state index contributed by atoms with van der Waals surface area (Å²) in [5.74, 6) is 0.135. The van der Waals surface area contributed by atoms with Crippen molar-refractivity contribution in [2.45, 2.75) is 31.3 Å². The van der Waals surface area contributed by atoms with Crippen molar-refractivity contribution < 1.29 is 4.79 Å². The van der Waals surface area contributed by atoms with Crippen molar-refractivity contribution in [3.05, 3.63) is 35.5 Å². The van der Waals surface area contributed by atoms with Gasteiger partial charge in [0.1, 0.15) is 9.88 Å². The lowest BCUT2D eigenvalue weighted by atomic mass is 10.1. The number of carbonyl (C=O) groups is 1. The Balaban J connectivity index is 1.60. The van der Waals surface area contributed by atoms with Crippen molar-refractivity contribution in [2.24, 2.45) is 0 Å². The molecular formula is C16H18N4OS. The average molecular weight is 314 g/mol. The van der Waals surface area contributed by atoms with Gasteiger partial charge in [0.2, 0.25) is 0 Å². The van der Waals surface area contributed by atoms with Crippen LogP contribution >= 0.6 is 11.3 Å². The van der Waals surface area contributed by atoms with Crippen LogP contribution in [-0.2, 0) is 0 Å². The number of carbonyl (C=O) groups excluding carboxylic acids is 1. The number of pyridine rings is 1. The number of nitrogens with zero attached hydrogens (tertiary/aromatic N) is 3. The smallest absolute Gasteiger partial charge is 0.266 e. The molecule has 2 aliphatic heterocycles. The van der Waals surface area contributed by atoms with Crippen LogP contribution in [0.1, 0.15) is 28.9 Å². The number of aromatic nitrogens is 2. The average Bonchev–Trinajstić information content (AvgIpc) is 3.12. The number of thiazole rings is 1. The first-order chi connectivity index (χ1) is 10.8. The molecule has 114 valence electrons. The van der Waals surface area contributed by atoms with E-state index in [9.17, 15) is 4.79 Å². The lowest BCUT2D eigenvalue weighted by Gasteiger charge is -2.27. The fraction of sp³-hybridized carbons (Fsp3) is 0.438. The highest BCUT2D eigenvalue weighted by Gasteiger charge is 2.38. The van der Waals surface area contributed by atoms with E-state index >= 15 is 0 Å². The first kappa shape index (κ1) is 13.8. The van der Waals surface area contributed by atoms with Gasteiger partial charge in [-0.15, -0.1) is 11.3 Å². The fourth-order valence-electron chi connectivity index (χ4n) is 3.42. The fourth-order valence-corrected chi connectivity index (χ4v) is 4.26. The number of hydrogen-bond acceptors (Lipinski definition) is 5. The van der Waals surface area contributed by atoms with Gasteiger partial charge in [-0.3, -0.25) is 9.78 Å². The predicted molar refractivity (Wildman–Crippen MR) is 85.8 cm³/mol. The van der Waals surface area contributed by atoms with Crippen LogP contribution in [0.25, 0.3) is 10.7 Å². The topological polar surface area (TPSA) is 58.1 Å². The molecule has 1 amide bonds. The zero-order chi connectivity index (χ0) is 14.9. The van der Waals surface area contributed by atoms with E-state index in [0.717, 1.165) is 47.9 Å². The second-order valence-electron chi connectivity index (χ2n) is 5.83. The van der Waals surface area contributed by atoms with Gasteiger partial charge < -0.3 is 10.2 Å². The Labute approximate surface area is 133 Å². The van der Waals surface area contributed by atoms with E-state index in [1.807, 2.05) is 18.2 Å². The van der Waals surface area contributed by atoms with Gasteiger partial charge in [-0.05, 0) is 37.9 Å². The molecule has 2 saturated heterocycles. The van der Waals surface area contributed by atoms with Gasteiger partial charge in [0.25, 0.3) is 5.91 Å². The van der Waals surface area contributed by atoms with Crippen molar-refractivity contribution in [3.63, 3.8) is 0 Å². The highest BCUT2D eigenvalue weighted by molar-refractivity contribution is 7.16. The summed E-state index contributed by atoms with van der Waals surface area (Å²) >= 11 is 1.44. The van der Waals surface area contributed by atoms with Crippen molar-refractivity contribution in [1.82, 2.24) is 20.2 Å². The monoisotopic (exact) mass is 314 g/mol. The maximum atomic E-state index is 12.9. The number of nitrogens with one attached hydrogen (secondary N) is 1. The van der Waals surface area contributed by atoms with E-state index in [1.165, 1.54) is 11.3 Å². The first-order valence-electron chi connectivity index (χ1n) is 7.73. The normalized spacial score (nSPS) is 24.3. The van der Waals surface area contributed by atoms with Gasteiger partial charge in [0.05, 0.1) is 11.9 Å². The summed E-state index contributed by atoms with van der Waals surface area (Å²) in [6.07, 6.45) is 6.74. The highest BCUT2D eigenvalue weighted by atomic mass is 32.1. The van der Waals surface area contributed by atoms with Crippen LogP contribution in [0.4, 0.5) is 0 Å². The summed E-state index contributed by atoms with van der Waals surface area (Å²) < 4.78 is 0. The van der Waals surface area contributed by atoms with E-state index in [-0.39, 0.29) is 5.91 Å². The van der Waals surface area contributed by atoms with Crippen LogP contribution < -0.4 is 5.32 Å². The quantitative estimate of drug-likeness (QED) is 0.923. The molecule has 2 aliphatic rings. The summed E-state index contributed by atoms with van der Waals surface area (Å²) in [6, 6.07) is 6.46. The van der Waals surface area contributed by atoms with Crippen molar-refractivity contribution in [1.29, 1.82) is 0 Å². The summed E-state index contributed by atoms with van der Waals surface area (Å²) in [4.78, 5) is 24.4. The second-order valence-corrected chi connectivity index (χ2v) is 6.87. The molecule has 2 aromatic rings. The minimum Gasteiger partial charge on any atom is -0.331 e. The van der Waals surface area contributed by atoms with Gasteiger partial charge in [-0.25, -0.2) is 4.98 Å². The summed E-state index contributed by atoms with van der Waals surface area (Å²) in [7, 11) is 0. The molecule has 4 heterocycles. The van der Waals surface area contributed by atoms with E-state index in [0.29, 0.717) is 12.1 Å². The van der Waals surface area contributed by atoms with E-state index in [4.69, 9.17) is 0 Å². The van der Waals surface area contributed by atoms with E-state index < -0.39 is 0 Å². The molecule has 0 aromatic carbocycles. The van der Waals surface area contributed by atoms with Gasteiger partial charge in [0.15, 0.2) is 0 Å². The summed E-state index contributed by atoms with van der Waals surface area (Å²) in [5, 5.41) is 4.24. The van der Waals surface area contributed by atoms with Gasteiger partial charge in [0, 0.05) is 24.8 Å². The molecule has 6 heteroatoms. The molecule has 2 unspecified atom stereocenters. The summed E-state index contributed by atoms with van der Waals surface area (Å²) in [6.45, 7) is 1.92. The SMILES string of the molecule is O=C(c1cnc(-c2ccccn2)s1)N1C2CCNCC1CC2. The molecule has 0 radical (unpaired) electrons. The Hall–Kier alpha value is -1.79. The Morgan fingerprint density at radius 2 is 2.14 bits per heavy atom. The maximum absolute atomic E-state index is 12.9. The number of fused-ring (bicyclic) bond motifs is 2.